The van der Waals surface area contributed by atoms with Crippen molar-refractivity contribution in [1.82, 2.24) is 0 Å². The second-order valence-electron chi connectivity index (χ2n) is 9.05. The Bertz CT molecular complexity index is 849. The van der Waals surface area contributed by atoms with Gasteiger partial charge in [0.15, 0.2) is 0 Å². The number of carbonyl (C=O) groups is 1. The Hall–Kier alpha value is -2.35. The van der Waals surface area contributed by atoms with E-state index in [1.807, 2.05) is 24.3 Å². The average molecular weight is 389 g/mol. The van der Waals surface area contributed by atoms with Gasteiger partial charge >= 0.3 is 5.97 Å². The molecule has 0 aromatic heterocycles. The number of allylic oxidation sites excluding steroid dienone is 1. The minimum absolute atomic E-state index is 0.341. The Kier molecular flexibility index (Phi) is 5.63. The minimum Gasteiger partial charge on any atom is -0.423 e. The SMILES string of the molecule is CC=CC(=O)Oc1ccc(-c2ccc(C34CCC(CCC)(CC3)CC4)cc2)cc1. The predicted octanol–water partition coefficient (Wildman–Crippen LogP) is 7.23. The molecule has 2 nitrogen and oxygen atoms in total. The monoisotopic (exact) mass is 388 g/mol. The number of hydrogen-bond acceptors (Lipinski definition) is 2. The van der Waals surface area contributed by atoms with Crippen LogP contribution in [0.1, 0.15) is 70.8 Å². The number of ether oxygens (including phenoxy) is 1. The fourth-order valence-corrected chi connectivity index (χ4v) is 5.62. The van der Waals surface area contributed by atoms with E-state index in [1.165, 1.54) is 68.6 Å². The third kappa shape index (κ3) is 4.03. The average Bonchev–Trinajstić information content (AvgIpc) is 2.76. The Balaban J connectivity index is 1.45. The van der Waals surface area contributed by atoms with E-state index >= 15 is 0 Å². The predicted molar refractivity (Wildman–Crippen MR) is 119 cm³/mol. The standard InChI is InChI=1S/C27H32O2/c1-3-5-25(28)29-24-12-8-22(9-13-24)21-6-10-23(11-7-21)27-18-15-26(14-4-2,16-19-27)17-20-27/h3,5-13H,4,14-20H2,1-2H3. The van der Waals surface area contributed by atoms with E-state index in [4.69, 9.17) is 4.74 Å². The van der Waals surface area contributed by atoms with Gasteiger partial charge in [0, 0.05) is 6.08 Å². The molecule has 2 aromatic carbocycles. The number of rotatable bonds is 6. The van der Waals surface area contributed by atoms with Crippen LogP contribution in [0.4, 0.5) is 0 Å². The molecule has 3 saturated carbocycles. The molecule has 0 atom stereocenters. The molecule has 2 bridgehead atoms. The second-order valence-corrected chi connectivity index (χ2v) is 9.05. The number of carbonyl (C=O) groups excluding carboxylic acids is 1. The lowest BCUT2D eigenvalue weighted by Gasteiger charge is -2.54. The third-order valence-corrected chi connectivity index (χ3v) is 7.39. The van der Waals surface area contributed by atoms with E-state index in [-0.39, 0.29) is 5.97 Å². The zero-order valence-corrected chi connectivity index (χ0v) is 17.7. The maximum Gasteiger partial charge on any atom is 0.335 e. The smallest absolute Gasteiger partial charge is 0.335 e. The molecular formula is C27H32O2. The summed E-state index contributed by atoms with van der Waals surface area (Å²) in [5.41, 5.74) is 4.97. The maximum atomic E-state index is 11.6. The van der Waals surface area contributed by atoms with Gasteiger partial charge in [-0.25, -0.2) is 4.79 Å². The van der Waals surface area contributed by atoms with E-state index in [0.717, 1.165) is 5.56 Å². The molecule has 2 heteroatoms. The van der Waals surface area contributed by atoms with Crippen LogP contribution >= 0.6 is 0 Å². The van der Waals surface area contributed by atoms with Gasteiger partial charge in [-0.2, -0.15) is 0 Å². The van der Waals surface area contributed by atoms with Gasteiger partial charge < -0.3 is 4.74 Å². The molecule has 2 aromatic rings. The zero-order chi connectivity index (χ0) is 20.3. The van der Waals surface area contributed by atoms with Crippen LogP contribution in [0.2, 0.25) is 0 Å². The van der Waals surface area contributed by atoms with E-state index < -0.39 is 0 Å². The highest BCUT2D eigenvalue weighted by Crippen LogP contribution is 2.59. The van der Waals surface area contributed by atoms with E-state index in [9.17, 15) is 4.79 Å². The van der Waals surface area contributed by atoms with Crippen LogP contribution in [0.5, 0.6) is 5.75 Å². The van der Waals surface area contributed by atoms with Crippen molar-refractivity contribution in [3.63, 3.8) is 0 Å². The summed E-state index contributed by atoms with van der Waals surface area (Å²) in [5, 5.41) is 0. The van der Waals surface area contributed by atoms with Gasteiger partial charge in [-0.1, -0.05) is 55.8 Å². The van der Waals surface area contributed by atoms with Crippen LogP contribution in [-0.2, 0) is 10.2 Å². The van der Waals surface area contributed by atoms with Crippen molar-refractivity contribution in [2.24, 2.45) is 5.41 Å². The van der Waals surface area contributed by atoms with E-state index in [0.29, 0.717) is 16.6 Å². The van der Waals surface area contributed by atoms with Crippen LogP contribution < -0.4 is 4.74 Å². The summed E-state index contributed by atoms with van der Waals surface area (Å²) in [6.45, 7) is 4.14. The van der Waals surface area contributed by atoms with Crippen LogP contribution in [0.3, 0.4) is 0 Å². The van der Waals surface area contributed by atoms with Crippen molar-refractivity contribution in [3.8, 4) is 16.9 Å². The molecule has 0 unspecified atom stereocenters. The number of fused-ring (bicyclic) bond motifs is 3. The lowest BCUT2D eigenvalue weighted by Crippen LogP contribution is -2.44. The molecule has 0 amide bonds. The van der Waals surface area contributed by atoms with Crippen molar-refractivity contribution in [2.45, 2.75) is 70.6 Å². The largest absolute Gasteiger partial charge is 0.423 e. The molecule has 0 saturated heterocycles. The molecule has 0 N–H and O–H groups in total. The summed E-state index contributed by atoms with van der Waals surface area (Å²) in [6.07, 6.45) is 14.2. The summed E-state index contributed by atoms with van der Waals surface area (Å²) in [4.78, 5) is 11.6. The second kappa shape index (κ2) is 8.18. The van der Waals surface area contributed by atoms with Gasteiger partial charge in [0.1, 0.15) is 5.75 Å². The topological polar surface area (TPSA) is 26.3 Å². The van der Waals surface area contributed by atoms with Gasteiger partial charge in [-0.15, -0.1) is 0 Å². The van der Waals surface area contributed by atoms with Crippen molar-refractivity contribution in [1.29, 1.82) is 0 Å². The fraction of sp³-hybridized carbons (Fsp3) is 0.444. The fourth-order valence-electron chi connectivity index (χ4n) is 5.62. The van der Waals surface area contributed by atoms with Crippen molar-refractivity contribution in [2.75, 3.05) is 0 Å². The first-order valence-corrected chi connectivity index (χ1v) is 11.1. The molecule has 3 aliphatic rings. The Morgan fingerprint density at radius 2 is 1.45 bits per heavy atom. The summed E-state index contributed by atoms with van der Waals surface area (Å²) in [6, 6.07) is 17.0. The van der Waals surface area contributed by atoms with Crippen molar-refractivity contribution in [3.05, 3.63) is 66.2 Å². The van der Waals surface area contributed by atoms with E-state index in [1.54, 1.807) is 13.0 Å². The summed E-state index contributed by atoms with van der Waals surface area (Å²) >= 11 is 0. The summed E-state index contributed by atoms with van der Waals surface area (Å²) in [5.74, 6) is 0.235. The first kappa shape index (κ1) is 19.9. The normalized spacial score (nSPS) is 26.0. The minimum atomic E-state index is -0.341. The maximum absolute atomic E-state index is 11.6. The van der Waals surface area contributed by atoms with Crippen molar-refractivity contribution >= 4 is 5.97 Å². The highest BCUT2D eigenvalue weighted by atomic mass is 16.5. The molecule has 0 spiro atoms. The van der Waals surface area contributed by atoms with Crippen LogP contribution in [-0.4, -0.2) is 5.97 Å². The Morgan fingerprint density at radius 3 is 1.97 bits per heavy atom. The van der Waals surface area contributed by atoms with Gasteiger partial charge in [0.05, 0.1) is 0 Å². The van der Waals surface area contributed by atoms with Crippen LogP contribution in [0, 0.1) is 5.41 Å². The number of esters is 1. The highest BCUT2D eigenvalue weighted by Gasteiger charge is 2.48. The molecule has 0 heterocycles. The number of hydrogen-bond donors (Lipinski definition) is 0. The van der Waals surface area contributed by atoms with Crippen molar-refractivity contribution < 1.29 is 9.53 Å². The molecule has 5 rings (SSSR count). The molecular weight excluding hydrogens is 356 g/mol. The molecule has 3 fully saturated rings. The summed E-state index contributed by atoms with van der Waals surface area (Å²) in [7, 11) is 0. The van der Waals surface area contributed by atoms with Gasteiger partial charge in [-0.05, 0) is 91.5 Å². The quantitative estimate of drug-likeness (QED) is 0.296. The van der Waals surface area contributed by atoms with Gasteiger partial charge in [0.25, 0.3) is 0 Å². The lowest BCUT2D eigenvalue weighted by atomic mass is 9.51. The van der Waals surface area contributed by atoms with Gasteiger partial charge in [-0.3, -0.25) is 0 Å². The van der Waals surface area contributed by atoms with Gasteiger partial charge in [0.2, 0.25) is 0 Å². The first-order valence-electron chi connectivity index (χ1n) is 11.1. The van der Waals surface area contributed by atoms with E-state index in [2.05, 4.69) is 31.2 Å². The Morgan fingerprint density at radius 1 is 0.897 bits per heavy atom. The first-order chi connectivity index (χ1) is 14.1. The highest BCUT2D eigenvalue weighted by molar-refractivity contribution is 5.84. The molecule has 29 heavy (non-hydrogen) atoms. The lowest BCUT2D eigenvalue weighted by molar-refractivity contribution is -0.129. The summed E-state index contributed by atoms with van der Waals surface area (Å²) < 4.78 is 5.28. The molecule has 152 valence electrons. The van der Waals surface area contributed by atoms with Crippen LogP contribution in [0.15, 0.2) is 60.7 Å². The van der Waals surface area contributed by atoms with Crippen LogP contribution in [0.25, 0.3) is 11.1 Å². The Labute approximate surface area is 175 Å². The molecule has 0 aliphatic heterocycles. The molecule has 3 aliphatic carbocycles. The third-order valence-electron chi connectivity index (χ3n) is 7.39. The molecule has 0 radical (unpaired) electrons. The number of benzene rings is 2. The zero-order valence-electron chi connectivity index (χ0n) is 17.7.